The van der Waals surface area contributed by atoms with Gasteiger partial charge in [-0.3, -0.25) is 9.78 Å². The SMILES string of the molecule is O=C(NN=Cc1cccc2cccnc12)c1cccc(Br)c1. The van der Waals surface area contributed by atoms with E-state index >= 15 is 0 Å². The van der Waals surface area contributed by atoms with Crippen LogP contribution in [-0.4, -0.2) is 17.1 Å². The van der Waals surface area contributed by atoms with E-state index in [4.69, 9.17) is 0 Å². The number of hydrazone groups is 1. The van der Waals surface area contributed by atoms with Crippen molar-refractivity contribution in [3.05, 3.63) is 76.4 Å². The first-order valence-electron chi connectivity index (χ1n) is 6.67. The largest absolute Gasteiger partial charge is 0.271 e. The van der Waals surface area contributed by atoms with Crippen molar-refractivity contribution in [2.24, 2.45) is 5.10 Å². The number of fused-ring (bicyclic) bond motifs is 1. The summed E-state index contributed by atoms with van der Waals surface area (Å²) < 4.78 is 0.849. The second-order valence-corrected chi connectivity index (χ2v) is 5.55. The molecule has 0 atom stereocenters. The lowest BCUT2D eigenvalue weighted by atomic mass is 10.1. The number of nitrogens with one attached hydrogen (secondary N) is 1. The lowest BCUT2D eigenvalue weighted by molar-refractivity contribution is 0.0955. The van der Waals surface area contributed by atoms with Gasteiger partial charge in [0.1, 0.15) is 0 Å². The fraction of sp³-hybridized carbons (Fsp3) is 0. The van der Waals surface area contributed by atoms with Gasteiger partial charge in [0.05, 0.1) is 11.7 Å². The van der Waals surface area contributed by atoms with Crippen LogP contribution in [-0.2, 0) is 0 Å². The highest BCUT2D eigenvalue weighted by molar-refractivity contribution is 9.10. The number of halogens is 1. The van der Waals surface area contributed by atoms with Crippen molar-refractivity contribution >= 4 is 39.0 Å². The van der Waals surface area contributed by atoms with Gasteiger partial charge in [0.2, 0.25) is 0 Å². The summed E-state index contributed by atoms with van der Waals surface area (Å²) in [7, 11) is 0. The zero-order chi connectivity index (χ0) is 15.4. The van der Waals surface area contributed by atoms with E-state index in [0.29, 0.717) is 5.56 Å². The lowest BCUT2D eigenvalue weighted by Gasteiger charge is -2.02. The molecule has 5 heteroatoms. The van der Waals surface area contributed by atoms with E-state index in [0.717, 1.165) is 20.9 Å². The standard InChI is InChI=1S/C17H12BrN3O/c18-15-8-2-5-13(10-15)17(22)21-20-11-14-6-1-4-12-7-3-9-19-16(12)14/h1-11H,(H,21,22). The third kappa shape index (κ3) is 3.20. The van der Waals surface area contributed by atoms with Crippen LogP contribution >= 0.6 is 15.9 Å². The molecular weight excluding hydrogens is 342 g/mol. The number of carbonyl (C=O) groups excluding carboxylic acids is 1. The van der Waals surface area contributed by atoms with Gasteiger partial charge in [-0.15, -0.1) is 0 Å². The van der Waals surface area contributed by atoms with E-state index in [1.54, 1.807) is 30.6 Å². The minimum Gasteiger partial charge on any atom is -0.267 e. The zero-order valence-electron chi connectivity index (χ0n) is 11.5. The number of hydrogen-bond acceptors (Lipinski definition) is 3. The Labute approximate surface area is 136 Å². The molecule has 0 aliphatic rings. The number of benzene rings is 2. The van der Waals surface area contributed by atoms with Crippen LogP contribution in [0, 0.1) is 0 Å². The fourth-order valence-corrected chi connectivity index (χ4v) is 2.49. The third-order valence-electron chi connectivity index (χ3n) is 3.12. The molecule has 2 aromatic carbocycles. The van der Waals surface area contributed by atoms with Crippen LogP contribution in [0.15, 0.2) is 70.4 Å². The number of amides is 1. The smallest absolute Gasteiger partial charge is 0.267 e. The molecule has 22 heavy (non-hydrogen) atoms. The predicted octanol–water partition coefficient (Wildman–Crippen LogP) is 3.76. The van der Waals surface area contributed by atoms with Crippen molar-refractivity contribution < 1.29 is 4.79 Å². The number of nitrogens with zero attached hydrogens (tertiary/aromatic N) is 2. The van der Waals surface area contributed by atoms with E-state index in [1.165, 1.54) is 0 Å². The molecule has 0 saturated carbocycles. The summed E-state index contributed by atoms with van der Waals surface area (Å²) in [6.07, 6.45) is 3.34. The first kappa shape index (κ1) is 14.4. The zero-order valence-corrected chi connectivity index (χ0v) is 13.1. The van der Waals surface area contributed by atoms with Crippen LogP contribution in [0.3, 0.4) is 0 Å². The molecule has 1 amide bonds. The second-order valence-electron chi connectivity index (χ2n) is 4.63. The Balaban J connectivity index is 1.78. The van der Waals surface area contributed by atoms with Gasteiger partial charge in [0.15, 0.2) is 0 Å². The molecular formula is C17H12BrN3O. The van der Waals surface area contributed by atoms with Gasteiger partial charge in [-0.1, -0.05) is 46.3 Å². The number of aromatic nitrogens is 1. The highest BCUT2D eigenvalue weighted by Crippen LogP contribution is 2.14. The molecule has 0 saturated heterocycles. The van der Waals surface area contributed by atoms with E-state index in [9.17, 15) is 4.79 Å². The average Bonchev–Trinajstić information content (AvgIpc) is 2.55. The first-order valence-corrected chi connectivity index (χ1v) is 7.46. The van der Waals surface area contributed by atoms with Crippen molar-refractivity contribution in [1.82, 2.24) is 10.4 Å². The summed E-state index contributed by atoms with van der Waals surface area (Å²) in [5.41, 5.74) is 4.77. The maximum absolute atomic E-state index is 12.0. The van der Waals surface area contributed by atoms with Gasteiger partial charge in [-0.2, -0.15) is 5.10 Å². The van der Waals surface area contributed by atoms with Gasteiger partial charge in [0, 0.05) is 27.2 Å². The van der Waals surface area contributed by atoms with Gasteiger partial charge >= 0.3 is 0 Å². The van der Waals surface area contributed by atoms with Crippen LogP contribution in [0.1, 0.15) is 15.9 Å². The monoisotopic (exact) mass is 353 g/mol. The Bertz CT molecular complexity index is 856. The van der Waals surface area contributed by atoms with Crippen molar-refractivity contribution in [2.75, 3.05) is 0 Å². The molecule has 1 aromatic heterocycles. The van der Waals surface area contributed by atoms with E-state index in [2.05, 4.69) is 31.4 Å². The number of pyridine rings is 1. The van der Waals surface area contributed by atoms with Crippen LogP contribution < -0.4 is 5.43 Å². The van der Waals surface area contributed by atoms with Crippen LogP contribution in [0.2, 0.25) is 0 Å². The number of hydrogen-bond donors (Lipinski definition) is 1. The summed E-state index contributed by atoms with van der Waals surface area (Å²) in [6.45, 7) is 0. The topological polar surface area (TPSA) is 54.4 Å². The maximum atomic E-state index is 12.0. The quantitative estimate of drug-likeness (QED) is 0.575. The summed E-state index contributed by atoms with van der Waals surface area (Å²) in [5, 5.41) is 5.05. The Morgan fingerprint density at radius 1 is 1.14 bits per heavy atom. The molecule has 1 heterocycles. The predicted molar refractivity (Wildman–Crippen MR) is 90.9 cm³/mol. The molecule has 3 rings (SSSR count). The molecule has 0 fully saturated rings. The second kappa shape index (κ2) is 6.49. The van der Waals surface area contributed by atoms with Gasteiger partial charge in [-0.25, -0.2) is 5.43 Å². The van der Waals surface area contributed by atoms with Crippen LogP contribution in [0.25, 0.3) is 10.9 Å². The number of para-hydroxylation sites is 1. The molecule has 0 radical (unpaired) electrons. The molecule has 0 spiro atoms. The van der Waals surface area contributed by atoms with E-state index in [-0.39, 0.29) is 5.91 Å². The number of rotatable bonds is 3. The molecule has 108 valence electrons. The number of carbonyl (C=O) groups is 1. The third-order valence-corrected chi connectivity index (χ3v) is 3.61. The molecule has 0 unspecified atom stereocenters. The van der Waals surface area contributed by atoms with Crippen molar-refractivity contribution in [2.45, 2.75) is 0 Å². The molecule has 3 aromatic rings. The molecule has 0 bridgehead atoms. The summed E-state index contributed by atoms with van der Waals surface area (Å²) >= 11 is 3.34. The first-order chi connectivity index (χ1) is 10.7. The van der Waals surface area contributed by atoms with Gasteiger partial charge in [0.25, 0.3) is 5.91 Å². The minimum absolute atomic E-state index is 0.259. The molecule has 4 nitrogen and oxygen atoms in total. The van der Waals surface area contributed by atoms with E-state index < -0.39 is 0 Å². The van der Waals surface area contributed by atoms with Gasteiger partial charge < -0.3 is 0 Å². The maximum Gasteiger partial charge on any atom is 0.271 e. The van der Waals surface area contributed by atoms with Crippen molar-refractivity contribution in [1.29, 1.82) is 0 Å². The highest BCUT2D eigenvalue weighted by atomic mass is 79.9. The molecule has 0 aliphatic carbocycles. The van der Waals surface area contributed by atoms with E-state index in [1.807, 2.05) is 36.4 Å². The highest BCUT2D eigenvalue weighted by Gasteiger charge is 2.04. The minimum atomic E-state index is -0.259. The van der Waals surface area contributed by atoms with Gasteiger partial charge in [-0.05, 0) is 24.3 Å². The molecule has 1 N–H and O–H groups in total. The Hall–Kier alpha value is -2.53. The fourth-order valence-electron chi connectivity index (χ4n) is 2.09. The Kier molecular flexibility index (Phi) is 4.25. The van der Waals surface area contributed by atoms with Crippen molar-refractivity contribution in [3.8, 4) is 0 Å². The van der Waals surface area contributed by atoms with Crippen LogP contribution in [0.4, 0.5) is 0 Å². The summed E-state index contributed by atoms with van der Waals surface area (Å²) in [4.78, 5) is 16.3. The normalized spacial score (nSPS) is 11.0. The summed E-state index contributed by atoms with van der Waals surface area (Å²) in [6, 6.07) is 16.8. The average molecular weight is 354 g/mol. The Morgan fingerprint density at radius 3 is 2.82 bits per heavy atom. The van der Waals surface area contributed by atoms with Crippen LogP contribution in [0.5, 0.6) is 0 Å². The summed E-state index contributed by atoms with van der Waals surface area (Å²) in [5.74, 6) is -0.259. The van der Waals surface area contributed by atoms with Crippen molar-refractivity contribution in [3.63, 3.8) is 0 Å². The Morgan fingerprint density at radius 2 is 1.95 bits per heavy atom. The lowest BCUT2D eigenvalue weighted by Crippen LogP contribution is -2.17. The molecule has 0 aliphatic heterocycles.